The van der Waals surface area contributed by atoms with E-state index in [0.717, 1.165) is 78.9 Å². The summed E-state index contributed by atoms with van der Waals surface area (Å²) in [5.41, 5.74) is 9.10. The van der Waals surface area contributed by atoms with Crippen LogP contribution in [0.3, 0.4) is 0 Å². The summed E-state index contributed by atoms with van der Waals surface area (Å²) in [5, 5.41) is 4.98. The Kier molecular flexibility index (Phi) is 9.25. The maximum atomic E-state index is 7.18. The predicted molar refractivity (Wildman–Crippen MR) is 265 cm³/mol. The molecule has 1 aromatic heterocycles. The molecule has 0 amide bonds. The van der Waals surface area contributed by atoms with E-state index in [1.165, 1.54) is 20.7 Å². The van der Waals surface area contributed by atoms with Gasteiger partial charge in [-0.3, -0.25) is 0 Å². The molecule has 0 spiro atoms. The van der Waals surface area contributed by atoms with Gasteiger partial charge in [-0.1, -0.05) is 206 Å². The number of benzene rings is 9. The monoisotopic (exact) mass is 850 g/mol. The largest absolute Gasteiger partial charge is 0.457 e. The molecule has 4 nitrogen and oxygen atoms in total. The second-order valence-corrected chi connectivity index (χ2v) is 20.5. The average molecular weight is 851 g/mol. The number of fused-ring (bicyclic) bond motifs is 4. The minimum atomic E-state index is -2.93. The van der Waals surface area contributed by atoms with E-state index in [9.17, 15) is 0 Å². The van der Waals surface area contributed by atoms with E-state index in [4.69, 9.17) is 19.4 Å². The van der Waals surface area contributed by atoms with Gasteiger partial charge >= 0.3 is 0 Å². The summed E-state index contributed by atoms with van der Waals surface area (Å²) in [6, 6.07) is 84.2. The molecular weight excluding hydrogens is 809 g/mol. The maximum absolute atomic E-state index is 7.18. The van der Waals surface area contributed by atoms with Gasteiger partial charge in [-0.25, -0.2) is 9.97 Å². The zero-order chi connectivity index (χ0) is 43.4. The van der Waals surface area contributed by atoms with Crippen LogP contribution in [0.5, 0.6) is 23.0 Å². The van der Waals surface area contributed by atoms with Crippen molar-refractivity contribution in [2.45, 2.75) is 12.3 Å². The molecule has 0 radical (unpaired) electrons. The van der Waals surface area contributed by atoms with Crippen LogP contribution in [-0.2, 0) is 5.41 Å². The smallest absolute Gasteiger partial charge is 0.188 e. The van der Waals surface area contributed by atoms with Crippen LogP contribution in [-0.4, -0.2) is 18.0 Å². The lowest BCUT2D eigenvalue weighted by atomic mass is 9.63. The number of rotatable bonds is 7. The first kappa shape index (κ1) is 38.5. The number of hydrogen-bond donors (Lipinski definition) is 0. The first-order valence-corrected chi connectivity index (χ1v) is 24.2. The lowest BCUT2D eigenvalue weighted by Gasteiger charge is -2.42. The van der Waals surface area contributed by atoms with E-state index in [-0.39, 0.29) is 0 Å². The van der Waals surface area contributed by atoms with Crippen LogP contribution in [0.1, 0.15) is 27.8 Å². The number of aryl methyl sites for hydroxylation is 1. The third-order valence-electron chi connectivity index (χ3n) is 13.3. The Morgan fingerprint density at radius 2 is 0.846 bits per heavy atom. The second kappa shape index (κ2) is 15.6. The van der Waals surface area contributed by atoms with E-state index >= 15 is 0 Å². The fourth-order valence-corrected chi connectivity index (χ4v) is 15.5. The fraction of sp³-hybridized carbons (Fsp3) is 0.0333. The van der Waals surface area contributed by atoms with Crippen molar-refractivity contribution in [1.82, 2.24) is 9.97 Å². The highest BCUT2D eigenvalue weighted by atomic mass is 28.3. The number of nitrogens with zero attached hydrogens (tertiary/aromatic N) is 2. The van der Waals surface area contributed by atoms with Crippen LogP contribution >= 0.6 is 0 Å². The number of para-hydroxylation sites is 4. The highest BCUT2D eigenvalue weighted by molar-refractivity contribution is 7.20. The summed E-state index contributed by atoms with van der Waals surface area (Å²) in [4.78, 5) is 10.9. The lowest BCUT2D eigenvalue weighted by molar-refractivity contribution is 0.436. The molecule has 0 N–H and O–H groups in total. The van der Waals surface area contributed by atoms with E-state index in [0.29, 0.717) is 5.82 Å². The van der Waals surface area contributed by atoms with Gasteiger partial charge in [0.1, 0.15) is 23.0 Å². The highest BCUT2D eigenvalue weighted by Gasteiger charge is 2.49. The van der Waals surface area contributed by atoms with Crippen LogP contribution in [0.25, 0.3) is 33.9 Å². The minimum absolute atomic E-state index is 0.630. The summed E-state index contributed by atoms with van der Waals surface area (Å²) in [6.07, 6.45) is 0. The van der Waals surface area contributed by atoms with Gasteiger partial charge in [-0.15, -0.1) is 0 Å². The Bertz CT molecular complexity index is 3110. The summed E-state index contributed by atoms with van der Waals surface area (Å²) < 4.78 is 14.3. The summed E-state index contributed by atoms with van der Waals surface area (Å²) in [6.45, 7) is 2.12. The SMILES string of the molecule is Cc1ccccc1-c1nc(-c2cccc3c2Oc2ccccc2C3(c2ccccc2)c2ccccc2)cc(-c2cccc3c2Oc2ccccc2[Si]3(c2ccccc2)c2ccccc2)n1. The standard InChI is InChI=1S/C60H42N2O2Si/c1-41-22-14-15-31-46(41)59-61-51(47-32-20-35-50-57(47)63-53-36-17-16-34-49(53)60(50,42-23-6-2-7-24-42)43-25-8-3-9-26-43)40-52(62-59)48-33-21-39-56-58(48)64-54-37-18-19-38-55(54)65(56,44-27-10-4-11-28-44)45-29-12-5-13-30-45/h2-40H,1H3. The van der Waals surface area contributed by atoms with Crippen molar-refractivity contribution in [3.05, 3.63) is 264 Å². The molecule has 0 bridgehead atoms. The first-order chi connectivity index (χ1) is 32.2. The molecule has 0 saturated heterocycles. The van der Waals surface area contributed by atoms with Crippen molar-refractivity contribution in [1.29, 1.82) is 0 Å². The van der Waals surface area contributed by atoms with Gasteiger partial charge in [0, 0.05) is 27.8 Å². The van der Waals surface area contributed by atoms with Crippen LogP contribution < -0.4 is 30.2 Å². The number of ether oxygens (including phenoxy) is 2. The molecular formula is C60H42N2O2Si. The molecule has 10 aromatic rings. The molecule has 2 aliphatic rings. The van der Waals surface area contributed by atoms with E-state index in [1.54, 1.807) is 0 Å². The normalized spacial score (nSPS) is 13.8. The number of aromatic nitrogens is 2. The Labute approximate surface area is 380 Å². The van der Waals surface area contributed by atoms with Gasteiger partial charge in [0.2, 0.25) is 0 Å². The molecule has 12 rings (SSSR count). The third kappa shape index (κ3) is 5.97. The molecule has 0 saturated carbocycles. The highest BCUT2D eigenvalue weighted by Crippen LogP contribution is 2.57. The first-order valence-electron chi connectivity index (χ1n) is 22.2. The van der Waals surface area contributed by atoms with Crippen molar-refractivity contribution < 1.29 is 9.47 Å². The van der Waals surface area contributed by atoms with E-state index < -0.39 is 13.5 Å². The molecule has 308 valence electrons. The third-order valence-corrected chi connectivity index (χ3v) is 18.2. The van der Waals surface area contributed by atoms with Crippen molar-refractivity contribution in [3.63, 3.8) is 0 Å². The Morgan fingerprint density at radius 3 is 1.49 bits per heavy atom. The van der Waals surface area contributed by atoms with Crippen LogP contribution in [0.4, 0.5) is 0 Å². The lowest BCUT2D eigenvalue weighted by Crippen LogP contribution is -2.76. The molecule has 0 unspecified atom stereocenters. The van der Waals surface area contributed by atoms with Crippen molar-refractivity contribution in [2.75, 3.05) is 0 Å². The van der Waals surface area contributed by atoms with Gasteiger partial charge in [-0.05, 0) is 74.7 Å². The number of hydrogen-bond acceptors (Lipinski definition) is 4. The molecule has 3 heterocycles. The fourth-order valence-electron chi connectivity index (χ4n) is 10.5. The van der Waals surface area contributed by atoms with Crippen molar-refractivity contribution in [3.8, 4) is 56.9 Å². The van der Waals surface area contributed by atoms with Gasteiger partial charge in [0.15, 0.2) is 13.9 Å². The molecule has 65 heavy (non-hydrogen) atoms. The molecule has 9 aromatic carbocycles. The van der Waals surface area contributed by atoms with Crippen LogP contribution in [0.15, 0.2) is 237 Å². The maximum Gasteiger partial charge on any atom is 0.188 e. The van der Waals surface area contributed by atoms with Gasteiger partial charge < -0.3 is 9.47 Å². The van der Waals surface area contributed by atoms with E-state index in [1.807, 2.05) is 0 Å². The van der Waals surface area contributed by atoms with Gasteiger partial charge in [-0.2, -0.15) is 0 Å². The summed E-state index contributed by atoms with van der Waals surface area (Å²) >= 11 is 0. The van der Waals surface area contributed by atoms with E-state index in [2.05, 4.69) is 244 Å². The molecule has 0 atom stereocenters. The van der Waals surface area contributed by atoms with Gasteiger partial charge in [0.05, 0.1) is 16.8 Å². The summed E-state index contributed by atoms with van der Waals surface area (Å²) in [5.74, 6) is 3.88. The van der Waals surface area contributed by atoms with Crippen LogP contribution in [0.2, 0.25) is 0 Å². The zero-order valence-electron chi connectivity index (χ0n) is 35.7. The molecule has 2 aliphatic heterocycles. The Balaban J connectivity index is 1.14. The molecule has 0 aliphatic carbocycles. The summed E-state index contributed by atoms with van der Waals surface area (Å²) in [7, 11) is -2.93. The van der Waals surface area contributed by atoms with Crippen molar-refractivity contribution >= 4 is 28.8 Å². The zero-order valence-corrected chi connectivity index (χ0v) is 36.7. The molecule has 0 fully saturated rings. The topological polar surface area (TPSA) is 44.2 Å². The second-order valence-electron chi connectivity index (χ2n) is 16.8. The minimum Gasteiger partial charge on any atom is -0.457 e. The van der Waals surface area contributed by atoms with Crippen molar-refractivity contribution in [2.24, 2.45) is 0 Å². The molecule has 5 heteroatoms. The average Bonchev–Trinajstić information content (AvgIpc) is 3.38. The van der Waals surface area contributed by atoms with Crippen LogP contribution in [0, 0.1) is 6.92 Å². The quantitative estimate of drug-likeness (QED) is 0.150. The Hall–Kier alpha value is -8.12. The predicted octanol–water partition coefficient (Wildman–Crippen LogP) is 11.8. The van der Waals surface area contributed by atoms with Gasteiger partial charge in [0.25, 0.3) is 0 Å². The Morgan fingerprint density at radius 1 is 0.385 bits per heavy atom.